The van der Waals surface area contributed by atoms with Crippen LogP contribution < -0.4 is 5.32 Å². The van der Waals surface area contributed by atoms with Crippen LogP contribution in [0.5, 0.6) is 0 Å². The largest absolute Gasteiger partial charge is 0.383 e. The zero-order valence-corrected chi connectivity index (χ0v) is 11.6. The number of nitrogens with zero attached hydrogens (tertiary/aromatic N) is 2. The van der Waals surface area contributed by atoms with Gasteiger partial charge in [-0.05, 0) is 30.5 Å². The van der Waals surface area contributed by atoms with Crippen LogP contribution in [0.3, 0.4) is 0 Å². The second kappa shape index (κ2) is 4.98. The van der Waals surface area contributed by atoms with Crippen LogP contribution in [0.2, 0.25) is 0 Å². The van der Waals surface area contributed by atoms with E-state index in [4.69, 9.17) is 10.5 Å². The predicted molar refractivity (Wildman–Crippen MR) is 73.8 cm³/mol. The van der Waals surface area contributed by atoms with Gasteiger partial charge in [0.15, 0.2) is 0 Å². The van der Waals surface area contributed by atoms with E-state index in [-0.39, 0.29) is 22.3 Å². The second-order valence-electron chi connectivity index (χ2n) is 5.64. The highest BCUT2D eigenvalue weighted by molar-refractivity contribution is 5.38. The van der Waals surface area contributed by atoms with Gasteiger partial charge in [0.1, 0.15) is 23.5 Å². The van der Waals surface area contributed by atoms with E-state index in [1.165, 1.54) is 18.3 Å². The lowest BCUT2D eigenvalue weighted by Crippen LogP contribution is -2.45. The molecule has 0 bridgehead atoms. The summed E-state index contributed by atoms with van der Waals surface area (Å²) in [5.74, 6) is -0.251. The zero-order chi connectivity index (χ0) is 14.8. The lowest BCUT2D eigenvalue weighted by atomic mass is 9.75. The third-order valence-electron chi connectivity index (χ3n) is 4.25. The van der Waals surface area contributed by atoms with Gasteiger partial charge < -0.3 is 5.32 Å². The molecule has 0 aliphatic heterocycles. The summed E-state index contributed by atoms with van der Waals surface area (Å²) in [5, 5.41) is 20.8. The first kappa shape index (κ1) is 14.1. The molecule has 0 amide bonds. The Morgan fingerprint density at radius 1 is 1.25 bits per heavy atom. The average Bonchev–Trinajstić information content (AvgIpc) is 3.22. The van der Waals surface area contributed by atoms with Gasteiger partial charge in [-0.2, -0.15) is 10.5 Å². The summed E-state index contributed by atoms with van der Waals surface area (Å²) in [5.41, 5.74) is 0.704. The molecule has 20 heavy (non-hydrogen) atoms. The van der Waals surface area contributed by atoms with Crippen LogP contribution in [0.15, 0.2) is 36.0 Å². The first-order chi connectivity index (χ1) is 9.45. The number of nitrogens with one attached hydrogen (secondary N) is 1. The van der Waals surface area contributed by atoms with Gasteiger partial charge in [-0.3, -0.25) is 0 Å². The van der Waals surface area contributed by atoms with E-state index < -0.39 is 0 Å². The SMILES string of the molecule is CC(C)(c1ccc(F)cc1)C1(NC=C(C#N)C#N)CC1. The van der Waals surface area contributed by atoms with Crippen molar-refractivity contribution in [2.75, 3.05) is 0 Å². The maximum atomic E-state index is 13.0. The van der Waals surface area contributed by atoms with Gasteiger partial charge in [0.25, 0.3) is 0 Å². The summed E-state index contributed by atoms with van der Waals surface area (Å²) >= 11 is 0. The van der Waals surface area contributed by atoms with Crippen molar-refractivity contribution in [3.63, 3.8) is 0 Å². The molecule has 1 aliphatic rings. The maximum absolute atomic E-state index is 13.0. The van der Waals surface area contributed by atoms with E-state index >= 15 is 0 Å². The van der Waals surface area contributed by atoms with Gasteiger partial charge in [0.05, 0.1) is 0 Å². The molecule has 1 aromatic rings. The highest BCUT2D eigenvalue weighted by Gasteiger charge is 2.54. The van der Waals surface area contributed by atoms with Crippen molar-refractivity contribution in [2.45, 2.75) is 37.6 Å². The molecule has 0 spiro atoms. The van der Waals surface area contributed by atoms with Crippen LogP contribution in [0.25, 0.3) is 0 Å². The molecule has 1 saturated carbocycles. The van der Waals surface area contributed by atoms with Crippen LogP contribution in [-0.2, 0) is 5.41 Å². The predicted octanol–water partition coefficient (Wildman–Crippen LogP) is 3.16. The topological polar surface area (TPSA) is 59.6 Å². The fourth-order valence-corrected chi connectivity index (χ4v) is 2.52. The van der Waals surface area contributed by atoms with Crippen molar-refractivity contribution >= 4 is 0 Å². The number of benzene rings is 1. The lowest BCUT2D eigenvalue weighted by molar-refractivity contribution is 0.348. The first-order valence-electron chi connectivity index (χ1n) is 6.49. The number of allylic oxidation sites excluding steroid dienone is 1. The minimum atomic E-state index is -0.251. The van der Waals surface area contributed by atoms with Gasteiger partial charge in [-0.25, -0.2) is 4.39 Å². The van der Waals surface area contributed by atoms with Gasteiger partial charge >= 0.3 is 0 Å². The molecule has 2 rings (SSSR count). The molecule has 0 saturated heterocycles. The second-order valence-corrected chi connectivity index (χ2v) is 5.64. The molecule has 3 nitrogen and oxygen atoms in total. The lowest BCUT2D eigenvalue weighted by Gasteiger charge is -2.36. The van der Waals surface area contributed by atoms with E-state index in [0.717, 1.165) is 18.4 Å². The summed E-state index contributed by atoms with van der Waals surface area (Å²) in [6, 6.07) is 10.2. The summed E-state index contributed by atoms with van der Waals surface area (Å²) in [6.45, 7) is 4.18. The number of nitriles is 2. The Morgan fingerprint density at radius 2 is 1.80 bits per heavy atom. The average molecular weight is 269 g/mol. The fourth-order valence-electron chi connectivity index (χ4n) is 2.52. The minimum Gasteiger partial charge on any atom is -0.383 e. The van der Waals surface area contributed by atoms with Crippen LogP contribution in [-0.4, -0.2) is 5.54 Å². The normalized spacial score (nSPS) is 15.7. The molecular formula is C16H16FN3. The highest BCUT2D eigenvalue weighted by Crippen LogP contribution is 2.51. The van der Waals surface area contributed by atoms with Gasteiger partial charge in [0.2, 0.25) is 0 Å². The maximum Gasteiger partial charge on any atom is 0.145 e. The van der Waals surface area contributed by atoms with E-state index in [0.29, 0.717) is 0 Å². The minimum absolute atomic E-state index is 0.0613. The molecule has 0 heterocycles. The monoisotopic (exact) mass is 269 g/mol. The van der Waals surface area contributed by atoms with Gasteiger partial charge in [0, 0.05) is 17.2 Å². The molecule has 0 atom stereocenters. The van der Waals surface area contributed by atoms with Crippen LogP contribution >= 0.6 is 0 Å². The smallest absolute Gasteiger partial charge is 0.145 e. The van der Waals surface area contributed by atoms with Crippen molar-refractivity contribution < 1.29 is 4.39 Å². The van der Waals surface area contributed by atoms with E-state index in [1.807, 2.05) is 12.1 Å². The van der Waals surface area contributed by atoms with Crippen LogP contribution in [0.1, 0.15) is 32.3 Å². The summed E-state index contributed by atoms with van der Waals surface area (Å²) in [7, 11) is 0. The van der Waals surface area contributed by atoms with Crippen molar-refractivity contribution in [2.24, 2.45) is 0 Å². The Morgan fingerprint density at radius 3 is 2.25 bits per heavy atom. The molecular weight excluding hydrogens is 253 g/mol. The van der Waals surface area contributed by atoms with E-state index in [1.54, 1.807) is 12.1 Å². The van der Waals surface area contributed by atoms with Crippen LogP contribution in [0, 0.1) is 28.5 Å². The molecule has 0 aromatic heterocycles. The number of rotatable bonds is 4. The molecule has 102 valence electrons. The highest BCUT2D eigenvalue weighted by atomic mass is 19.1. The molecule has 1 aromatic carbocycles. The number of hydrogen-bond acceptors (Lipinski definition) is 3. The van der Waals surface area contributed by atoms with Crippen molar-refractivity contribution in [1.29, 1.82) is 10.5 Å². The number of hydrogen-bond donors (Lipinski definition) is 1. The molecule has 0 radical (unpaired) electrons. The third-order valence-corrected chi connectivity index (χ3v) is 4.25. The van der Waals surface area contributed by atoms with Gasteiger partial charge in [-0.1, -0.05) is 26.0 Å². The zero-order valence-electron chi connectivity index (χ0n) is 11.6. The Hall–Kier alpha value is -2.33. The number of halogens is 1. The van der Waals surface area contributed by atoms with E-state index in [2.05, 4.69) is 19.2 Å². The van der Waals surface area contributed by atoms with Crippen molar-refractivity contribution in [3.8, 4) is 12.1 Å². The molecule has 1 N–H and O–H groups in total. The van der Waals surface area contributed by atoms with Crippen LogP contribution in [0.4, 0.5) is 4.39 Å². The summed E-state index contributed by atoms with van der Waals surface area (Å²) < 4.78 is 13.0. The molecule has 1 fully saturated rings. The standard InChI is InChI=1S/C16H16FN3/c1-15(2,13-3-5-14(17)6-4-13)16(7-8-16)20-11-12(9-18)10-19/h3-6,11,20H,7-8H2,1-2H3. The fraction of sp³-hybridized carbons (Fsp3) is 0.375. The molecule has 0 unspecified atom stereocenters. The van der Waals surface area contributed by atoms with Crippen molar-refractivity contribution in [3.05, 3.63) is 47.4 Å². The van der Waals surface area contributed by atoms with Gasteiger partial charge in [-0.15, -0.1) is 0 Å². The summed E-state index contributed by atoms with van der Waals surface area (Å²) in [6.07, 6.45) is 3.40. The Bertz CT molecular complexity index is 595. The Balaban J connectivity index is 2.25. The molecule has 4 heteroatoms. The van der Waals surface area contributed by atoms with E-state index in [9.17, 15) is 4.39 Å². The first-order valence-corrected chi connectivity index (χ1v) is 6.49. The Labute approximate surface area is 118 Å². The summed E-state index contributed by atoms with van der Waals surface area (Å²) in [4.78, 5) is 0. The molecule has 1 aliphatic carbocycles. The Kier molecular flexibility index (Phi) is 3.51. The quantitative estimate of drug-likeness (QED) is 0.854. The third kappa shape index (κ3) is 2.38. The van der Waals surface area contributed by atoms with Crippen molar-refractivity contribution in [1.82, 2.24) is 5.32 Å².